The minimum atomic E-state index is 0.0443. The maximum atomic E-state index is 11.4. The van der Waals surface area contributed by atoms with Gasteiger partial charge in [0.15, 0.2) is 0 Å². The molecule has 0 radical (unpaired) electrons. The number of carbonyl (C=O) groups is 1. The molecular formula is C7H14N2O2S. The highest BCUT2D eigenvalue weighted by Gasteiger charge is 2.27. The van der Waals surface area contributed by atoms with Gasteiger partial charge < -0.3 is 14.0 Å². The van der Waals surface area contributed by atoms with Crippen molar-refractivity contribution in [3.05, 3.63) is 0 Å². The first-order valence-corrected chi connectivity index (χ1v) is 4.28. The molecule has 12 heavy (non-hydrogen) atoms. The van der Waals surface area contributed by atoms with Crippen LogP contribution in [0.15, 0.2) is 0 Å². The molecule has 2 amide bonds. The summed E-state index contributed by atoms with van der Waals surface area (Å²) in [6.07, 6.45) is 0.973. The Bertz CT molecular complexity index is 175. The lowest BCUT2D eigenvalue weighted by Gasteiger charge is -2.20. The molecule has 1 atom stereocenters. The second-order valence-electron chi connectivity index (χ2n) is 3.14. The van der Waals surface area contributed by atoms with E-state index in [9.17, 15) is 4.79 Å². The first-order valence-electron chi connectivity index (χ1n) is 3.91. The Balaban J connectivity index is 2.41. The highest BCUT2D eigenvalue weighted by atomic mass is 32.1. The average Bonchev–Trinajstić information content (AvgIpc) is 2.50. The molecule has 0 spiro atoms. The van der Waals surface area contributed by atoms with E-state index in [0.29, 0.717) is 6.54 Å². The summed E-state index contributed by atoms with van der Waals surface area (Å²) >= 11 is 3.72. The van der Waals surface area contributed by atoms with E-state index in [2.05, 4.69) is 12.9 Å². The number of carbonyl (C=O) groups excluding carboxylic acids is 1. The zero-order chi connectivity index (χ0) is 9.14. The second-order valence-corrected chi connectivity index (χ2v) is 3.35. The lowest BCUT2D eigenvalue weighted by Crippen LogP contribution is -2.38. The van der Waals surface area contributed by atoms with Crippen molar-refractivity contribution in [2.24, 2.45) is 0 Å². The van der Waals surface area contributed by atoms with Gasteiger partial charge in [0.1, 0.15) is 0 Å². The van der Waals surface area contributed by atoms with Crippen molar-refractivity contribution in [1.29, 1.82) is 0 Å². The SMILES string of the molecule is CN(C)C(=O)N1CC[C@H](OS)C1. The van der Waals surface area contributed by atoms with Crippen LogP contribution in [0, 0.1) is 0 Å². The maximum absolute atomic E-state index is 11.4. The van der Waals surface area contributed by atoms with Crippen molar-refractivity contribution in [1.82, 2.24) is 9.80 Å². The molecule has 1 aliphatic heterocycles. The van der Waals surface area contributed by atoms with Gasteiger partial charge in [0.25, 0.3) is 0 Å². The van der Waals surface area contributed by atoms with Crippen molar-refractivity contribution in [2.75, 3.05) is 27.2 Å². The van der Waals surface area contributed by atoms with Gasteiger partial charge >= 0.3 is 6.03 Å². The van der Waals surface area contributed by atoms with Crippen LogP contribution in [0.5, 0.6) is 0 Å². The molecule has 0 aromatic carbocycles. The molecule has 1 aliphatic rings. The predicted molar refractivity (Wildman–Crippen MR) is 49.1 cm³/mol. The molecule has 0 N–H and O–H groups in total. The number of likely N-dealkylation sites (tertiary alicyclic amines) is 1. The van der Waals surface area contributed by atoms with E-state index in [-0.39, 0.29) is 12.1 Å². The van der Waals surface area contributed by atoms with Crippen molar-refractivity contribution in [3.8, 4) is 0 Å². The van der Waals surface area contributed by atoms with Crippen LogP contribution in [0.1, 0.15) is 6.42 Å². The molecule has 1 fully saturated rings. The van der Waals surface area contributed by atoms with Crippen LogP contribution in [0.2, 0.25) is 0 Å². The fraction of sp³-hybridized carbons (Fsp3) is 0.857. The number of thiol groups is 1. The van der Waals surface area contributed by atoms with E-state index in [1.54, 1.807) is 23.9 Å². The fourth-order valence-electron chi connectivity index (χ4n) is 1.27. The summed E-state index contributed by atoms with van der Waals surface area (Å²) in [4.78, 5) is 14.7. The fourth-order valence-corrected chi connectivity index (χ4v) is 1.44. The van der Waals surface area contributed by atoms with Gasteiger partial charge in [-0.05, 0) is 19.3 Å². The molecule has 70 valence electrons. The van der Waals surface area contributed by atoms with Gasteiger partial charge in [0, 0.05) is 27.2 Å². The van der Waals surface area contributed by atoms with E-state index in [1.807, 2.05) is 0 Å². The molecule has 1 heterocycles. The van der Waals surface area contributed by atoms with Crippen molar-refractivity contribution in [3.63, 3.8) is 0 Å². The third-order valence-corrected chi connectivity index (χ3v) is 2.25. The Morgan fingerprint density at radius 3 is 2.75 bits per heavy atom. The van der Waals surface area contributed by atoms with E-state index in [1.165, 1.54) is 0 Å². The summed E-state index contributed by atoms with van der Waals surface area (Å²) in [5.41, 5.74) is 0. The largest absolute Gasteiger partial charge is 0.331 e. The highest BCUT2D eigenvalue weighted by Crippen LogP contribution is 2.14. The van der Waals surface area contributed by atoms with E-state index >= 15 is 0 Å². The van der Waals surface area contributed by atoms with Gasteiger partial charge in [-0.2, -0.15) is 0 Å². The van der Waals surface area contributed by atoms with Crippen LogP contribution in [0.3, 0.4) is 0 Å². The second kappa shape index (κ2) is 4.00. The predicted octanol–water partition coefficient (Wildman–Crippen LogP) is 0.604. The quantitative estimate of drug-likeness (QED) is 0.485. The van der Waals surface area contributed by atoms with E-state index < -0.39 is 0 Å². The summed E-state index contributed by atoms with van der Waals surface area (Å²) in [6.45, 7) is 1.42. The summed E-state index contributed by atoms with van der Waals surface area (Å²) < 4.78 is 4.85. The van der Waals surface area contributed by atoms with Gasteiger partial charge in [-0.25, -0.2) is 4.79 Å². The van der Waals surface area contributed by atoms with Gasteiger partial charge in [-0.3, -0.25) is 0 Å². The van der Waals surface area contributed by atoms with Crippen LogP contribution >= 0.6 is 12.9 Å². The Hall–Kier alpha value is -0.420. The minimum Gasteiger partial charge on any atom is -0.331 e. The smallest absolute Gasteiger partial charge is 0.319 e. The number of hydrogen-bond donors (Lipinski definition) is 1. The van der Waals surface area contributed by atoms with Crippen LogP contribution < -0.4 is 0 Å². The van der Waals surface area contributed by atoms with Crippen LogP contribution in [0.25, 0.3) is 0 Å². The van der Waals surface area contributed by atoms with Gasteiger partial charge in [0.05, 0.1) is 6.10 Å². The van der Waals surface area contributed by atoms with Gasteiger partial charge in [-0.15, -0.1) is 0 Å². The third kappa shape index (κ3) is 2.04. The first kappa shape index (κ1) is 9.67. The van der Waals surface area contributed by atoms with Crippen LogP contribution in [-0.4, -0.2) is 49.1 Å². The average molecular weight is 190 g/mol. The maximum Gasteiger partial charge on any atom is 0.319 e. The summed E-state index contributed by atoms with van der Waals surface area (Å²) in [6, 6.07) is 0.0443. The molecule has 0 unspecified atom stereocenters. The highest BCUT2D eigenvalue weighted by molar-refractivity contribution is 7.75. The van der Waals surface area contributed by atoms with Gasteiger partial charge in [-0.1, -0.05) is 0 Å². The first-order chi connectivity index (χ1) is 5.65. The molecule has 0 aromatic heterocycles. The Morgan fingerprint density at radius 2 is 2.33 bits per heavy atom. The topological polar surface area (TPSA) is 32.8 Å². The molecule has 0 aliphatic carbocycles. The minimum absolute atomic E-state index is 0.0443. The van der Waals surface area contributed by atoms with E-state index in [0.717, 1.165) is 13.0 Å². The Kier molecular flexibility index (Phi) is 3.22. The van der Waals surface area contributed by atoms with Gasteiger partial charge in [0.2, 0.25) is 0 Å². The van der Waals surface area contributed by atoms with Crippen molar-refractivity contribution in [2.45, 2.75) is 12.5 Å². The molecule has 4 nitrogen and oxygen atoms in total. The Labute approximate surface area is 78.1 Å². The zero-order valence-electron chi connectivity index (χ0n) is 7.36. The molecule has 1 rings (SSSR count). The lowest BCUT2D eigenvalue weighted by molar-refractivity contribution is 0.174. The molecule has 0 saturated carbocycles. The molecular weight excluding hydrogens is 176 g/mol. The van der Waals surface area contributed by atoms with Crippen molar-refractivity contribution < 1.29 is 8.98 Å². The van der Waals surface area contributed by atoms with Crippen molar-refractivity contribution >= 4 is 18.9 Å². The van der Waals surface area contributed by atoms with Crippen LogP contribution in [-0.2, 0) is 4.18 Å². The number of urea groups is 1. The summed E-state index contributed by atoms with van der Waals surface area (Å²) in [5.74, 6) is 0. The number of rotatable bonds is 1. The van der Waals surface area contributed by atoms with E-state index in [4.69, 9.17) is 4.18 Å². The zero-order valence-corrected chi connectivity index (χ0v) is 8.25. The number of nitrogens with zero attached hydrogens (tertiary/aromatic N) is 2. The number of hydrogen-bond acceptors (Lipinski definition) is 3. The Morgan fingerprint density at radius 1 is 1.67 bits per heavy atom. The molecule has 1 saturated heterocycles. The number of amides is 2. The van der Waals surface area contributed by atoms with Crippen LogP contribution in [0.4, 0.5) is 4.79 Å². The lowest BCUT2D eigenvalue weighted by atomic mass is 10.3. The molecule has 0 bridgehead atoms. The monoisotopic (exact) mass is 190 g/mol. The molecule has 5 heteroatoms. The normalized spacial score (nSPS) is 22.9. The standard InChI is InChI=1S/C7H14N2O2S/c1-8(2)7(10)9-4-3-6(5-9)11-12/h6,12H,3-5H2,1-2H3/t6-/m0/s1. The summed E-state index contributed by atoms with van der Waals surface area (Å²) in [5, 5.41) is 0. The molecule has 0 aromatic rings. The summed E-state index contributed by atoms with van der Waals surface area (Å²) in [7, 11) is 3.49. The third-order valence-electron chi connectivity index (χ3n) is 1.95.